The number of aromatic nitrogens is 2. The largest absolute Gasteiger partial charge is 0.228 e. The zero-order chi connectivity index (χ0) is 33.7. The highest BCUT2D eigenvalue weighted by Crippen LogP contribution is 2.40. The fourth-order valence-corrected chi connectivity index (χ4v) is 8.42. The Bertz CT molecular complexity index is 2920. The van der Waals surface area contributed by atoms with Gasteiger partial charge in [-0.1, -0.05) is 140 Å². The molecule has 0 saturated heterocycles. The highest BCUT2D eigenvalue weighted by atomic mass is 32.1. The van der Waals surface area contributed by atoms with Crippen LogP contribution in [0.2, 0.25) is 0 Å². The minimum Gasteiger partial charge on any atom is -0.228 e. The van der Waals surface area contributed by atoms with Gasteiger partial charge in [-0.15, -0.1) is 11.3 Å². The monoisotopic (exact) mass is 666 g/mol. The van der Waals surface area contributed by atoms with Crippen molar-refractivity contribution in [3.05, 3.63) is 182 Å². The van der Waals surface area contributed by atoms with Crippen molar-refractivity contribution in [2.24, 2.45) is 0 Å². The van der Waals surface area contributed by atoms with Crippen LogP contribution in [0.25, 0.3) is 97.9 Å². The number of hydrogen-bond donors (Lipinski definition) is 0. The topological polar surface area (TPSA) is 25.8 Å². The number of hydrogen-bond acceptors (Lipinski definition) is 3. The molecule has 0 aliphatic rings. The summed E-state index contributed by atoms with van der Waals surface area (Å²) in [5, 5.41) is 7.37. The fraction of sp³-hybridized carbons (Fsp3) is 0. The van der Waals surface area contributed by atoms with Crippen molar-refractivity contribution in [2.75, 3.05) is 0 Å². The van der Waals surface area contributed by atoms with Crippen LogP contribution in [0.1, 0.15) is 0 Å². The fourth-order valence-electron chi connectivity index (χ4n) is 7.28. The first-order valence-electron chi connectivity index (χ1n) is 17.2. The van der Waals surface area contributed by atoms with Gasteiger partial charge in [0.2, 0.25) is 0 Å². The molecule has 0 radical (unpaired) electrons. The lowest BCUT2D eigenvalue weighted by Crippen LogP contribution is -1.97. The van der Waals surface area contributed by atoms with Crippen molar-refractivity contribution in [1.29, 1.82) is 0 Å². The zero-order valence-corrected chi connectivity index (χ0v) is 28.4. The van der Waals surface area contributed by atoms with Gasteiger partial charge in [0, 0.05) is 36.9 Å². The van der Waals surface area contributed by atoms with E-state index in [1.807, 2.05) is 17.4 Å². The average molecular weight is 667 g/mol. The van der Waals surface area contributed by atoms with E-state index >= 15 is 0 Å². The molecule has 51 heavy (non-hydrogen) atoms. The molecule has 0 spiro atoms. The first-order valence-corrected chi connectivity index (χ1v) is 18.0. The van der Waals surface area contributed by atoms with Gasteiger partial charge in [0.1, 0.15) is 0 Å². The van der Waals surface area contributed by atoms with E-state index in [1.54, 1.807) is 0 Å². The molecule has 8 aromatic carbocycles. The Morgan fingerprint density at radius 1 is 0.314 bits per heavy atom. The van der Waals surface area contributed by atoms with Gasteiger partial charge in [0.05, 0.1) is 11.4 Å². The summed E-state index contributed by atoms with van der Waals surface area (Å²) in [5.41, 5.74) is 9.57. The van der Waals surface area contributed by atoms with Crippen LogP contribution in [0, 0.1) is 0 Å². The van der Waals surface area contributed by atoms with Crippen LogP contribution in [-0.2, 0) is 0 Å². The van der Waals surface area contributed by atoms with Crippen LogP contribution in [0.15, 0.2) is 182 Å². The van der Waals surface area contributed by atoms with E-state index in [0.29, 0.717) is 5.82 Å². The molecule has 2 aromatic heterocycles. The second-order valence-corrected chi connectivity index (χ2v) is 14.1. The van der Waals surface area contributed by atoms with E-state index in [9.17, 15) is 0 Å². The van der Waals surface area contributed by atoms with Crippen LogP contribution < -0.4 is 0 Å². The van der Waals surface area contributed by atoms with E-state index < -0.39 is 0 Å². The number of fused-ring (bicyclic) bond motifs is 5. The lowest BCUT2D eigenvalue weighted by molar-refractivity contribution is 1.19. The Morgan fingerprint density at radius 2 is 0.922 bits per heavy atom. The van der Waals surface area contributed by atoms with Crippen LogP contribution >= 0.6 is 11.3 Å². The number of rotatable bonds is 5. The van der Waals surface area contributed by atoms with Crippen molar-refractivity contribution in [1.82, 2.24) is 9.97 Å². The normalized spacial score (nSPS) is 11.5. The molecule has 0 unspecified atom stereocenters. The molecule has 0 N–H and O–H groups in total. The van der Waals surface area contributed by atoms with E-state index in [2.05, 4.69) is 176 Å². The molecule has 0 atom stereocenters. The first-order chi connectivity index (χ1) is 25.2. The molecule has 238 valence electrons. The summed E-state index contributed by atoms with van der Waals surface area (Å²) in [5.74, 6) is 0.715. The van der Waals surface area contributed by atoms with Crippen molar-refractivity contribution in [3.8, 4) is 56.2 Å². The maximum Gasteiger partial charge on any atom is 0.161 e. The summed E-state index contributed by atoms with van der Waals surface area (Å²) in [4.78, 5) is 10.5. The number of thiophene rings is 1. The summed E-state index contributed by atoms with van der Waals surface area (Å²) in [7, 11) is 0. The average Bonchev–Trinajstić information content (AvgIpc) is 3.58. The summed E-state index contributed by atoms with van der Waals surface area (Å²) in [6.07, 6.45) is 0. The molecule has 10 rings (SSSR count). The highest BCUT2D eigenvalue weighted by Gasteiger charge is 2.16. The van der Waals surface area contributed by atoms with E-state index in [-0.39, 0.29) is 0 Å². The second kappa shape index (κ2) is 12.2. The molecule has 2 nitrogen and oxygen atoms in total. The van der Waals surface area contributed by atoms with Crippen molar-refractivity contribution in [2.45, 2.75) is 0 Å². The lowest BCUT2D eigenvalue weighted by Gasteiger charge is -2.14. The third kappa shape index (κ3) is 5.36. The predicted octanol–water partition coefficient (Wildman–Crippen LogP) is 13.5. The van der Waals surface area contributed by atoms with Crippen LogP contribution in [0.5, 0.6) is 0 Å². The predicted molar refractivity (Wildman–Crippen MR) is 217 cm³/mol. The summed E-state index contributed by atoms with van der Waals surface area (Å²) in [6.45, 7) is 0. The Kier molecular flexibility index (Phi) is 7.04. The van der Waals surface area contributed by atoms with Gasteiger partial charge < -0.3 is 0 Å². The molecule has 0 amide bonds. The van der Waals surface area contributed by atoms with Gasteiger partial charge >= 0.3 is 0 Å². The van der Waals surface area contributed by atoms with E-state index in [0.717, 1.165) is 44.6 Å². The smallest absolute Gasteiger partial charge is 0.161 e. The molecule has 0 bridgehead atoms. The molecule has 0 fully saturated rings. The minimum atomic E-state index is 0.715. The molecular formula is C48H30N2S. The maximum atomic E-state index is 5.34. The molecule has 0 saturated carbocycles. The van der Waals surface area contributed by atoms with Gasteiger partial charge in [-0.2, -0.15) is 0 Å². The number of nitrogens with zero attached hydrogens (tertiary/aromatic N) is 2. The van der Waals surface area contributed by atoms with E-state index in [1.165, 1.54) is 47.5 Å². The van der Waals surface area contributed by atoms with Crippen molar-refractivity contribution in [3.63, 3.8) is 0 Å². The van der Waals surface area contributed by atoms with Gasteiger partial charge in [0.15, 0.2) is 5.82 Å². The maximum absolute atomic E-state index is 5.34. The molecule has 0 aliphatic carbocycles. The molecular weight excluding hydrogens is 637 g/mol. The van der Waals surface area contributed by atoms with Gasteiger partial charge in [-0.05, 0) is 86.3 Å². The third-order valence-electron chi connectivity index (χ3n) is 9.85. The van der Waals surface area contributed by atoms with Gasteiger partial charge in [-0.3, -0.25) is 0 Å². The van der Waals surface area contributed by atoms with Crippen LogP contribution in [0.3, 0.4) is 0 Å². The van der Waals surface area contributed by atoms with Crippen LogP contribution in [-0.4, -0.2) is 9.97 Å². The summed E-state index contributed by atoms with van der Waals surface area (Å²) >= 11 is 1.85. The Hall–Kier alpha value is -6.42. The van der Waals surface area contributed by atoms with Crippen molar-refractivity contribution >= 4 is 53.1 Å². The van der Waals surface area contributed by atoms with Crippen LogP contribution in [0.4, 0.5) is 0 Å². The molecule has 0 aliphatic heterocycles. The summed E-state index contributed by atoms with van der Waals surface area (Å²) < 4.78 is 2.60. The molecule has 10 aromatic rings. The zero-order valence-electron chi connectivity index (χ0n) is 27.6. The van der Waals surface area contributed by atoms with Gasteiger partial charge in [-0.25, -0.2) is 9.97 Å². The second-order valence-electron chi connectivity index (χ2n) is 13.0. The molecule has 2 heterocycles. The Labute approximate surface area is 300 Å². The number of benzene rings is 8. The minimum absolute atomic E-state index is 0.715. The third-order valence-corrected chi connectivity index (χ3v) is 11.0. The SMILES string of the molecule is c1ccc(-c2cc(-c3cc(-c4ccc5ccccc5c4)cc(-c4ccc5c(c4)sc4ccccc45)c3)nc(-c3cccc4ccccc34)n2)cc1. The van der Waals surface area contributed by atoms with Gasteiger partial charge in [0.25, 0.3) is 0 Å². The van der Waals surface area contributed by atoms with Crippen molar-refractivity contribution < 1.29 is 0 Å². The summed E-state index contributed by atoms with van der Waals surface area (Å²) in [6, 6.07) is 65.2. The van der Waals surface area contributed by atoms with E-state index in [4.69, 9.17) is 9.97 Å². The standard InChI is InChI=1S/C48H30N2S/c1-2-13-33(14-3-1)44-30-45(50-48(49-44)43-19-10-16-32-12-6-7-17-40(32)43)39-27-37(35-22-21-31-11-4-5-15-34(31)25-35)26-38(28-39)36-23-24-42-41-18-8-9-20-46(41)51-47(42)29-36/h1-30H. The Balaban J connectivity index is 1.21. The Morgan fingerprint density at radius 3 is 1.76 bits per heavy atom. The lowest BCUT2D eigenvalue weighted by atomic mass is 9.93. The highest BCUT2D eigenvalue weighted by molar-refractivity contribution is 7.25. The molecule has 3 heteroatoms. The quantitative estimate of drug-likeness (QED) is 0.183. The first kappa shape index (κ1) is 29.5.